The number of ether oxygens (including phenoxy) is 3. The smallest absolute Gasteiger partial charge is 0.329 e. The molecule has 0 unspecified atom stereocenters. The summed E-state index contributed by atoms with van der Waals surface area (Å²) in [5.41, 5.74) is 3.41. The topological polar surface area (TPSA) is 127 Å². The maximum Gasteiger partial charge on any atom is 0.329 e. The predicted molar refractivity (Wildman–Crippen MR) is 129 cm³/mol. The molecule has 2 aromatic carbocycles. The highest BCUT2D eigenvalue weighted by Gasteiger charge is 2.19. The van der Waals surface area contributed by atoms with Crippen LogP contribution in [0.5, 0.6) is 11.5 Å². The lowest BCUT2D eigenvalue weighted by Crippen LogP contribution is -2.41. The first-order valence-corrected chi connectivity index (χ1v) is 11.3. The number of hydrazone groups is 1. The summed E-state index contributed by atoms with van der Waals surface area (Å²) in [6.07, 6.45) is 3.11. The fourth-order valence-electron chi connectivity index (χ4n) is 3.07. The number of nitrogens with one attached hydrogen (secondary N) is 3. The third kappa shape index (κ3) is 7.85. The molecule has 11 heteroatoms. The molecule has 1 heterocycles. The van der Waals surface area contributed by atoms with Crippen LogP contribution in [0.25, 0.3) is 0 Å². The van der Waals surface area contributed by atoms with E-state index in [9.17, 15) is 14.4 Å². The Balaban J connectivity index is 1.47. The number of hydrogen-bond acceptors (Lipinski definition) is 7. The Kier molecular flexibility index (Phi) is 9.41. The van der Waals surface area contributed by atoms with Crippen molar-refractivity contribution >= 4 is 45.6 Å². The van der Waals surface area contributed by atoms with Gasteiger partial charge in [0.15, 0.2) is 18.1 Å². The highest BCUT2D eigenvalue weighted by atomic mass is 79.9. The molecule has 3 N–H and O–H groups in total. The van der Waals surface area contributed by atoms with Crippen molar-refractivity contribution in [3.63, 3.8) is 0 Å². The molecule has 3 amide bonds. The summed E-state index contributed by atoms with van der Waals surface area (Å²) < 4.78 is 17.2. The standard InChI is InChI=1S/C23H25BrN4O6/c1-32-20-11-15(12-26-28-23(31)22(30)25-13-18-3-2-10-33-18)4-9-19(20)34-14-21(29)27-17-7-5-16(24)6-8-17/h4-9,11-12,18H,2-3,10,13-14H2,1H3,(H,25,30)(H,27,29)(H,28,31)/b26-12-/t18-/m1/s1. The fraction of sp³-hybridized carbons (Fsp3) is 0.304. The molecule has 10 nitrogen and oxygen atoms in total. The first-order valence-electron chi connectivity index (χ1n) is 10.5. The normalized spacial score (nSPS) is 15.1. The van der Waals surface area contributed by atoms with E-state index in [0.29, 0.717) is 29.4 Å². The molecule has 1 fully saturated rings. The Labute approximate surface area is 205 Å². The van der Waals surface area contributed by atoms with Crippen LogP contribution in [0.1, 0.15) is 18.4 Å². The molecule has 180 valence electrons. The molecule has 0 bridgehead atoms. The number of halogens is 1. The Hall–Kier alpha value is -3.44. The van der Waals surface area contributed by atoms with Gasteiger partial charge >= 0.3 is 11.8 Å². The van der Waals surface area contributed by atoms with Crippen molar-refractivity contribution < 1.29 is 28.6 Å². The first kappa shape index (κ1) is 25.2. The van der Waals surface area contributed by atoms with Gasteiger partial charge in [0, 0.05) is 23.3 Å². The monoisotopic (exact) mass is 532 g/mol. The zero-order valence-corrected chi connectivity index (χ0v) is 20.1. The van der Waals surface area contributed by atoms with Crippen molar-refractivity contribution in [1.82, 2.24) is 10.7 Å². The number of anilines is 1. The summed E-state index contributed by atoms with van der Waals surface area (Å²) in [6.45, 7) is 0.746. The number of methoxy groups -OCH3 is 1. The van der Waals surface area contributed by atoms with Gasteiger partial charge in [-0.2, -0.15) is 5.10 Å². The van der Waals surface area contributed by atoms with E-state index < -0.39 is 11.8 Å². The van der Waals surface area contributed by atoms with E-state index in [1.807, 2.05) is 12.1 Å². The molecule has 34 heavy (non-hydrogen) atoms. The summed E-state index contributed by atoms with van der Waals surface area (Å²) in [4.78, 5) is 35.8. The second-order valence-corrected chi connectivity index (χ2v) is 8.21. The molecule has 2 aromatic rings. The molecular weight excluding hydrogens is 508 g/mol. The average molecular weight is 533 g/mol. The summed E-state index contributed by atoms with van der Waals surface area (Å²) in [5.74, 6) is -1.24. The lowest BCUT2D eigenvalue weighted by atomic mass is 10.2. The second kappa shape index (κ2) is 12.7. The van der Waals surface area contributed by atoms with Crippen molar-refractivity contribution in [1.29, 1.82) is 0 Å². The van der Waals surface area contributed by atoms with Crippen LogP contribution in [0, 0.1) is 0 Å². The minimum Gasteiger partial charge on any atom is -0.493 e. The van der Waals surface area contributed by atoms with Crippen molar-refractivity contribution in [3.8, 4) is 11.5 Å². The van der Waals surface area contributed by atoms with E-state index in [-0.39, 0.29) is 25.2 Å². The second-order valence-electron chi connectivity index (χ2n) is 7.30. The predicted octanol–water partition coefficient (Wildman–Crippen LogP) is 2.22. The quantitative estimate of drug-likeness (QED) is 0.258. The molecule has 1 aliphatic heterocycles. The fourth-order valence-corrected chi connectivity index (χ4v) is 3.33. The Morgan fingerprint density at radius 1 is 1.15 bits per heavy atom. The van der Waals surface area contributed by atoms with Crippen molar-refractivity contribution in [2.75, 3.05) is 32.2 Å². The van der Waals surface area contributed by atoms with Crippen molar-refractivity contribution in [2.24, 2.45) is 5.10 Å². The maximum absolute atomic E-state index is 12.1. The Morgan fingerprint density at radius 2 is 1.94 bits per heavy atom. The SMILES string of the molecule is COc1cc(/C=N\NC(=O)C(=O)NC[C@H]2CCCO2)ccc1OCC(=O)Nc1ccc(Br)cc1. The van der Waals surface area contributed by atoms with Gasteiger partial charge in [-0.1, -0.05) is 15.9 Å². The average Bonchev–Trinajstić information content (AvgIpc) is 3.36. The number of nitrogens with zero attached hydrogens (tertiary/aromatic N) is 1. The van der Waals surface area contributed by atoms with Crippen LogP contribution in [-0.4, -0.2) is 56.9 Å². The van der Waals surface area contributed by atoms with Crippen LogP contribution >= 0.6 is 15.9 Å². The van der Waals surface area contributed by atoms with E-state index in [0.717, 1.165) is 17.3 Å². The van der Waals surface area contributed by atoms with Crippen molar-refractivity contribution in [2.45, 2.75) is 18.9 Å². The van der Waals surface area contributed by atoms with E-state index in [4.69, 9.17) is 14.2 Å². The molecule has 1 atom stereocenters. The Morgan fingerprint density at radius 3 is 2.65 bits per heavy atom. The van der Waals surface area contributed by atoms with Gasteiger partial charge in [0.2, 0.25) is 0 Å². The lowest BCUT2D eigenvalue weighted by Gasteiger charge is -2.11. The minimum absolute atomic E-state index is 0.0553. The van der Waals surface area contributed by atoms with E-state index >= 15 is 0 Å². The highest BCUT2D eigenvalue weighted by Crippen LogP contribution is 2.27. The van der Waals surface area contributed by atoms with Crippen LogP contribution in [0.3, 0.4) is 0 Å². The third-order valence-electron chi connectivity index (χ3n) is 4.77. The van der Waals surface area contributed by atoms with Gasteiger partial charge in [-0.3, -0.25) is 14.4 Å². The van der Waals surface area contributed by atoms with Gasteiger partial charge in [-0.25, -0.2) is 5.43 Å². The number of amides is 3. The summed E-state index contributed by atoms with van der Waals surface area (Å²) in [5, 5.41) is 9.05. The molecular formula is C23H25BrN4O6. The summed E-state index contributed by atoms with van der Waals surface area (Å²) in [6, 6.07) is 12.1. The number of carbonyl (C=O) groups excluding carboxylic acids is 3. The minimum atomic E-state index is -0.877. The highest BCUT2D eigenvalue weighted by molar-refractivity contribution is 9.10. The zero-order chi connectivity index (χ0) is 24.3. The molecule has 1 saturated heterocycles. The van der Waals surface area contributed by atoms with Crippen LogP contribution in [0.15, 0.2) is 52.0 Å². The summed E-state index contributed by atoms with van der Waals surface area (Å²) in [7, 11) is 1.46. The van der Waals surface area contributed by atoms with E-state index in [1.165, 1.54) is 13.3 Å². The van der Waals surface area contributed by atoms with Crippen LogP contribution in [-0.2, 0) is 19.1 Å². The molecule has 3 rings (SSSR count). The molecule has 0 aliphatic carbocycles. The van der Waals surface area contributed by atoms with E-state index in [2.05, 4.69) is 37.1 Å². The molecule has 1 aliphatic rings. The lowest BCUT2D eigenvalue weighted by molar-refractivity contribution is -0.139. The molecule has 0 radical (unpaired) electrons. The van der Waals surface area contributed by atoms with Gasteiger partial charge in [0.25, 0.3) is 5.91 Å². The first-order chi connectivity index (χ1) is 16.4. The molecule has 0 aromatic heterocycles. The largest absolute Gasteiger partial charge is 0.493 e. The molecule has 0 spiro atoms. The number of hydrogen-bond donors (Lipinski definition) is 3. The third-order valence-corrected chi connectivity index (χ3v) is 5.30. The van der Waals surface area contributed by atoms with E-state index in [1.54, 1.807) is 30.3 Å². The van der Waals surface area contributed by atoms with Crippen LogP contribution in [0.4, 0.5) is 5.69 Å². The van der Waals surface area contributed by atoms with Crippen LogP contribution in [0.2, 0.25) is 0 Å². The molecule has 0 saturated carbocycles. The van der Waals surface area contributed by atoms with Gasteiger partial charge in [-0.05, 0) is 60.9 Å². The zero-order valence-electron chi connectivity index (χ0n) is 18.5. The van der Waals surface area contributed by atoms with Crippen molar-refractivity contribution in [3.05, 3.63) is 52.5 Å². The van der Waals surface area contributed by atoms with Gasteiger partial charge in [-0.15, -0.1) is 0 Å². The van der Waals surface area contributed by atoms with Gasteiger partial charge < -0.3 is 24.8 Å². The van der Waals surface area contributed by atoms with Gasteiger partial charge in [0.1, 0.15) is 0 Å². The Bertz CT molecular complexity index is 1040. The number of benzene rings is 2. The number of carbonyl (C=O) groups is 3. The summed E-state index contributed by atoms with van der Waals surface area (Å²) >= 11 is 3.34. The number of rotatable bonds is 9. The van der Waals surface area contributed by atoms with Gasteiger partial charge in [0.05, 0.1) is 19.4 Å². The maximum atomic E-state index is 12.1. The van der Waals surface area contributed by atoms with Crippen LogP contribution < -0.4 is 25.5 Å².